The molecule has 1 aliphatic carbocycles. The van der Waals surface area contributed by atoms with Gasteiger partial charge in [-0.25, -0.2) is 14.8 Å². The minimum Gasteiger partial charge on any atom is -0.490 e. The third-order valence-corrected chi connectivity index (χ3v) is 7.14. The molecule has 2 aromatic rings. The molecule has 13 heteroatoms. The summed E-state index contributed by atoms with van der Waals surface area (Å²) in [5.74, 6) is -3.92. The van der Waals surface area contributed by atoms with Crippen LogP contribution in [-0.4, -0.2) is 59.2 Å². The summed E-state index contributed by atoms with van der Waals surface area (Å²) in [7, 11) is 1.34. The Morgan fingerprint density at radius 2 is 1.97 bits per heavy atom. The third-order valence-electron chi connectivity index (χ3n) is 7.14. The topological polar surface area (TPSA) is 87.7 Å². The molecule has 3 amide bonds. The van der Waals surface area contributed by atoms with Crippen LogP contribution >= 0.6 is 0 Å². The standard InChI is InChI=1S/C22H18F5N5O3/c1-31-17(33)20(30-19(31)34)9-35-13-8-10(2-3-12(13)20)15-11-4-6-21(23,24)16(11)29-18(28-15)32-7-5-14(32)22(25,26)27/h2-3,8,14H,4-7,9H2,1H3,(H,30,34)/t14-,20+/m1/s1. The van der Waals surface area contributed by atoms with Crippen LogP contribution in [0.2, 0.25) is 0 Å². The summed E-state index contributed by atoms with van der Waals surface area (Å²) >= 11 is 0. The van der Waals surface area contributed by atoms with Gasteiger partial charge in [-0.2, -0.15) is 22.0 Å². The van der Waals surface area contributed by atoms with Gasteiger partial charge in [0.05, 0.1) is 5.69 Å². The molecule has 4 aliphatic rings. The minimum absolute atomic E-state index is 0.000872. The van der Waals surface area contributed by atoms with Crippen molar-refractivity contribution < 1.29 is 36.3 Å². The number of imide groups is 1. The fourth-order valence-corrected chi connectivity index (χ4v) is 5.13. The average Bonchev–Trinajstić information content (AvgIpc) is 3.34. The number of halogens is 5. The molecular weight excluding hydrogens is 477 g/mol. The normalized spacial score (nSPS) is 26.5. The van der Waals surface area contributed by atoms with Crippen molar-refractivity contribution in [2.45, 2.75) is 42.9 Å². The van der Waals surface area contributed by atoms with E-state index >= 15 is 0 Å². The molecule has 2 atom stereocenters. The summed E-state index contributed by atoms with van der Waals surface area (Å²) < 4.78 is 75.0. The van der Waals surface area contributed by atoms with E-state index in [-0.39, 0.29) is 43.0 Å². The highest BCUT2D eigenvalue weighted by Crippen LogP contribution is 2.48. The van der Waals surface area contributed by atoms with E-state index in [0.717, 1.165) is 9.80 Å². The lowest BCUT2D eigenvalue weighted by Gasteiger charge is -2.42. The lowest BCUT2D eigenvalue weighted by Crippen LogP contribution is -2.56. The maximum Gasteiger partial charge on any atom is 0.408 e. The fraction of sp³-hybridized carbons (Fsp3) is 0.455. The predicted octanol–water partition coefficient (Wildman–Crippen LogP) is 3.09. The monoisotopic (exact) mass is 495 g/mol. The maximum atomic E-state index is 14.6. The number of ether oxygens (including phenoxy) is 1. The molecule has 8 nitrogen and oxygen atoms in total. The number of rotatable bonds is 2. The Kier molecular flexibility index (Phi) is 4.27. The zero-order chi connectivity index (χ0) is 24.9. The summed E-state index contributed by atoms with van der Waals surface area (Å²) in [5.41, 5.74) is -0.944. The number of likely N-dealkylation sites (N-methyl/N-ethyl adjacent to an activating group) is 1. The quantitative estimate of drug-likeness (QED) is 0.509. The molecule has 1 aromatic carbocycles. The largest absolute Gasteiger partial charge is 0.490 e. The number of amides is 3. The number of benzene rings is 1. The number of urea groups is 1. The first-order chi connectivity index (χ1) is 16.4. The number of fused-ring (bicyclic) bond motifs is 3. The van der Waals surface area contributed by atoms with E-state index in [1.807, 2.05) is 0 Å². The van der Waals surface area contributed by atoms with Crippen molar-refractivity contribution in [2.75, 3.05) is 25.1 Å². The summed E-state index contributed by atoms with van der Waals surface area (Å²) in [5, 5.41) is 2.63. The van der Waals surface area contributed by atoms with Crippen LogP contribution in [0.4, 0.5) is 32.7 Å². The molecular formula is C22H18F5N5O3. The lowest BCUT2D eigenvalue weighted by molar-refractivity contribution is -0.160. The maximum absolute atomic E-state index is 14.6. The summed E-state index contributed by atoms with van der Waals surface area (Å²) in [6.07, 6.45) is -5.27. The Hall–Kier alpha value is -3.51. The zero-order valence-electron chi connectivity index (χ0n) is 18.2. The summed E-state index contributed by atoms with van der Waals surface area (Å²) in [4.78, 5) is 34.8. The molecule has 3 aliphatic heterocycles. The molecule has 4 heterocycles. The van der Waals surface area contributed by atoms with Gasteiger partial charge in [0, 0.05) is 36.7 Å². The number of alkyl halides is 5. The number of carbonyl (C=O) groups is 2. The molecule has 184 valence electrons. The van der Waals surface area contributed by atoms with Crippen molar-refractivity contribution in [3.05, 3.63) is 35.0 Å². The highest BCUT2D eigenvalue weighted by molar-refractivity contribution is 6.08. The number of nitrogens with one attached hydrogen (secondary N) is 1. The first kappa shape index (κ1) is 22.0. The highest BCUT2D eigenvalue weighted by Gasteiger charge is 2.56. The number of nitrogens with zero attached hydrogens (tertiary/aromatic N) is 4. The van der Waals surface area contributed by atoms with E-state index in [9.17, 15) is 31.5 Å². The fourth-order valence-electron chi connectivity index (χ4n) is 5.13. The summed E-state index contributed by atoms with van der Waals surface area (Å²) in [6, 6.07) is 2.17. The van der Waals surface area contributed by atoms with Crippen molar-refractivity contribution >= 4 is 17.9 Å². The molecule has 2 fully saturated rings. The van der Waals surface area contributed by atoms with Crippen molar-refractivity contribution in [3.8, 4) is 17.0 Å². The van der Waals surface area contributed by atoms with Gasteiger partial charge < -0.3 is 15.0 Å². The first-order valence-electron chi connectivity index (χ1n) is 10.9. The molecule has 0 saturated carbocycles. The first-order valence-corrected chi connectivity index (χ1v) is 10.9. The molecule has 35 heavy (non-hydrogen) atoms. The molecule has 1 spiro atoms. The van der Waals surface area contributed by atoms with Gasteiger partial charge >= 0.3 is 12.2 Å². The van der Waals surface area contributed by atoms with Gasteiger partial charge in [-0.1, -0.05) is 12.1 Å². The molecule has 0 bridgehead atoms. The van der Waals surface area contributed by atoms with Crippen LogP contribution in [0.1, 0.15) is 29.7 Å². The summed E-state index contributed by atoms with van der Waals surface area (Å²) in [6.45, 7) is -0.147. The zero-order valence-corrected chi connectivity index (χ0v) is 18.2. The number of carbonyl (C=O) groups excluding carboxylic acids is 2. The van der Waals surface area contributed by atoms with Gasteiger partial charge in [-0.15, -0.1) is 0 Å². The van der Waals surface area contributed by atoms with E-state index in [0.29, 0.717) is 11.1 Å². The van der Waals surface area contributed by atoms with Crippen LogP contribution in [0.5, 0.6) is 5.75 Å². The van der Waals surface area contributed by atoms with Gasteiger partial charge in [0.25, 0.3) is 11.8 Å². The predicted molar refractivity (Wildman–Crippen MR) is 110 cm³/mol. The molecule has 1 aromatic heterocycles. The number of hydrogen-bond acceptors (Lipinski definition) is 6. The number of aromatic nitrogens is 2. The van der Waals surface area contributed by atoms with Crippen LogP contribution in [0.25, 0.3) is 11.3 Å². The van der Waals surface area contributed by atoms with Crippen molar-refractivity contribution in [3.63, 3.8) is 0 Å². The second kappa shape index (κ2) is 6.79. The number of anilines is 1. The van der Waals surface area contributed by atoms with Crippen LogP contribution < -0.4 is 15.0 Å². The Balaban J connectivity index is 1.45. The van der Waals surface area contributed by atoms with E-state index in [2.05, 4.69) is 15.3 Å². The van der Waals surface area contributed by atoms with E-state index in [1.165, 1.54) is 19.2 Å². The Labute approximate surface area is 195 Å². The second-order valence-electron chi connectivity index (χ2n) is 9.14. The second-order valence-corrected chi connectivity index (χ2v) is 9.14. The molecule has 0 unspecified atom stereocenters. The molecule has 1 N–H and O–H groups in total. The molecule has 0 radical (unpaired) electrons. The number of hydrogen-bond donors (Lipinski definition) is 1. The van der Waals surface area contributed by atoms with Gasteiger partial charge in [-0.3, -0.25) is 9.69 Å². The Morgan fingerprint density at radius 1 is 1.20 bits per heavy atom. The highest BCUT2D eigenvalue weighted by atomic mass is 19.4. The minimum atomic E-state index is -4.54. The van der Waals surface area contributed by atoms with E-state index in [1.54, 1.807) is 6.07 Å². The van der Waals surface area contributed by atoms with Crippen LogP contribution in [0.15, 0.2) is 18.2 Å². The molecule has 2 saturated heterocycles. The van der Waals surface area contributed by atoms with Crippen molar-refractivity contribution in [1.82, 2.24) is 20.2 Å². The van der Waals surface area contributed by atoms with Gasteiger partial charge in [0.15, 0.2) is 5.54 Å². The smallest absolute Gasteiger partial charge is 0.408 e. The molecule has 6 rings (SSSR count). The third kappa shape index (κ3) is 2.96. The lowest BCUT2D eigenvalue weighted by atomic mass is 9.90. The van der Waals surface area contributed by atoms with Gasteiger partial charge in [0.2, 0.25) is 5.95 Å². The Bertz CT molecular complexity index is 1300. The average molecular weight is 495 g/mol. The SMILES string of the molecule is CN1C(=O)N[C@]2(COc3cc(-c4nc(N5CC[C@@H]5C(F)(F)F)nc5c4CCC5(F)F)ccc32)C1=O. The van der Waals surface area contributed by atoms with Gasteiger partial charge in [0.1, 0.15) is 24.1 Å². The van der Waals surface area contributed by atoms with Crippen molar-refractivity contribution in [1.29, 1.82) is 0 Å². The Morgan fingerprint density at radius 3 is 2.60 bits per heavy atom. The van der Waals surface area contributed by atoms with E-state index < -0.39 is 53.7 Å². The van der Waals surface area contributed by atoms with Crippen LogP contribution in [0.3, 0.4) is 0 Å². The van der Waals surface area contributed by atoms with Gasteiger partial charge in [-0.05, 0) is 18.9 Å². The van der Waals surface area contributed by atoms with Crippen LogP contribution in [0, 0.1) is 0 Å². The van der Waals surface area contributed by atoms with Crippen molar-refractivity contribution in [2.24, 2.45) is 0 Å². The van der Waals surface area contributed by atoms with E-state index in [4.69, 9.17) is 4.74 Å². The van der Waals surface area contributed by atoms with Crippen LogP contribution in [-0.2, 0) is 22.7 Å².